The van der Waals surface area contributed by atoms with Crippen molar-refractivity contribution in [3.63, 3.8) is 0 Å². The molecule has 1 atom stereocenters. The van der Waals surface area contributed by atoms with E-state index in [-0.39, 0.29) is 0 Å². The molecule has 80 valence electrons. The lowest BCUT2D eigenvalue weighted by Crippen LogP contribution is -2.09. The van der Waals surface area contributed by atoms with Crippen LogP contribution in [0, 0.1) is 0 Å². The number of rotatable bonds is 8. The van der Waals surface area contributed by atoms with Crippen molar-refractivity contribution in [2.75, 3.05) is 0 Å². The number of carboxylic acids is 1. The van der Waals surface area contributed by atoms with Crippen LogP contribution < -0.4 is 0 Å². The van der Waals surface area contributed by atoms with Crippen LogP contribution in [0.3, 0.4) is 0 Å². The van der Waals surface area contributed by atoms with E-state index in [0.717, 1.165) is 25.3 Å². The third-order valence-corrected chi connectivity index (χ3v) is 1.78. The Hall–Kier alpha value is -1.32. The van der Waals surface area contributed by atoms with E-state index in [1.54, 1.807) is 0 Å². The van der Waals surface area contributed by atoms with E-state index < -0.39 is 12.1 Å². The van der Waals surface area contributed by atoms with Gasteiger partial charge >= 0.3 is 5.97 Å². The largest absolute Gasteiger partial charge is 0.478 e. The van der Waals surface area contributed by atoms with E-state index in [2.05, 4.69) is 6.92 Å². The van der Waals surface area contributed by atoms with E-state index in [9.17, 15) is 9.59 Å². The molecule has 0 radical (unpaired) electrons. The number of ether oxygens (including phenoxy) is 1. The highest BCUT2D eigenvalue weighted by molar-refractivity contribution is 5.79. The Morgan fingerprint density at radius 2 is 2.21 bits per heavy atom. The summed E-state index contributed by atoms with van der Waals surface area (Å²) in [6, 6.07) is 0. The van der Waals surface area contributed by atoms with Crippen LogP contribution in [0.15, 0.2) is 12.2 Å². The summed E-state index contributed by atoms with van der Waals surface area (Å²) in [7, 11) is 0. The predicted molar refractivity (Wildman–Crippen MR) is 51.9 cm³/mol. The highest BCUT2D eigenvalue weighted by Gasteiger charge is 2.04. The molecular weight excluding hydrogens is 184 g/mol. The molecular formula is C10H16O4. The maximum Gasteiger partial charge on any atom is 0.328 e. The van der Waals surface area contributed by atoms with Gasteiger partial charge in [0.2, 0.25) is 0 Å². The fourth-order valence-corrected chi connectivity index (χ4v) is 1.07. The van der Waals surface area contributed by atoms with Crippen LogP contribution >= 0.6 is 0 Å². The first-order chi connectivity index (χ1) is 6.70. The van der Waals surface area contributed by atoms with E-state index in [1.165, 1.54) is 6.08 Å². The monoisotopic (exact) mass is 200 g/mol. The molecule has 0 aromatic heterocycles. The number of unbranched alkanes of at least 4 members (excludes halogenated alkanes) is 2. The van der Waals surface area contributed by atoms with Gasteiger partial charge in [-0.3, -0.25) is 4.79 Å². The highest BCUT2D eigenvalue weighted by Crippen LogP contribution is 2.07. The molecule has 4 nitrogen and oxygen atoms in total. The minimum absolute atomic E-state index is 0.350. The normalized spacial score (nSPS) is 12.6. The molecule has 0 aromatic carbocycles. The SMILES string of the molecule is CCCCCC(C=CC(=O)O)OC=O. The fourth-order valence-electron chi connectivity index (χ4n) is 1.07. The fraction of sp³-hybridized carbons (Fsp3) is 0.600. The number of carbonyl (C=O) groups excluding carboxylic acids is 1. The first-order valence-electron chi connectivity index (χ1n) is 4.71. The van der Waals surface area contributed by atoms with Crippen LogP contribution in [-0.2, 0) is 14.3 Å². The molecule has 0 rings (SSSR count). The van der Waals surface area contributed by atoms with Crippen molar-refractivity contribution in [2.24, 2.45) is 0 Å². The molecule has 14 heavy (non-hydrogen) atoms. The zero-order chi connectivity index (χ0) is 10.8. The third kappa shape index (κ3) is 7.34. The van der Waals surface area contributed by atoms with Crippen molar-refractivity contribution in [3.8, 4) is 0 Å². The zero-order valence-electron chi connectivity index (χ0n) is 8.31. The standard InChI is InChI=1S/C10H16O4/c1-2-3-4-5-9(14-8-11)6-7-10(12)13/h6-9H,2-5H2,1H3,(H,12,13). The number of carboxylic acid groups (broad SMARTS) is 1. The third-order valence-electron chi connectivity index (χ3n) is 1.78. The lowest BCUT2D eigenvalue weighted by Gasteiger charge is -2.09. The molecule has 4 heteroatoms. The second-order valence-electron chi connectivity index (χ2n) is 2.96. The van der Waals surface area contributed by atoms with Gasteiger partial charge in [0.25, 0.3) is 6.47 Å². The number of hydrogen-bond acceptors (Lipinski definition) is 3. The molecule has 0 heterocycles. The molecule has 0 amide bonds. The van der Waals surface area contributed by atoms with E-state index in [0.29, 0.717) is 12.9 Å². The number of aliphatic carboxylic acids is 1. The summed E-state index contributed by atoms with van der Waals surface area (Å²) in [6.07, 6.45) is 5.73. The molecule has 0 bridgehead atoms. The second kappa shape index (κ2) is 8.29. The average molecular weight is 200 g/mol. The summed E-state index contributed by atoms with van der Waals surface area (Å²) in [6.45, 7) is 2.42. The Morgan fingerprint density at radius 3 is 2.71 bits per heavy atom. The van der Waals surface area contributed by atoms with E-state index >= 15 is 0 Å². The molecule has 1 unspecified atom stereocenters. The Labute approximate surface area is 83.6 Å². The Balaban J connectivity index is 3.88. The smallest absolute Gasteiger partial charge is 0.328 e. The van der Waals surface area contributed by atoms with Crippen molar-refractivity contribution in [2.45, 2.75) is 38.7 Å². The minimum Gasteiger partial charge on any atom is -0.478 e. The van der Waals surface area contributed by atoms with Gasteiger partial charge in [-0.1, -0.05) is 19.8 Å². The summed E-state index contributed by atoms with van der Waals surface area (Å²) in [5.41, 5.74) is 0. The van der Waals surface area contributed by atoms with Crippen LogP contribution in [0.25, 0.3) is 0 Å². The quantitative estimate of drug-likeness (QED) is 0.368. The molecule has 0 aliphatic rings. The van der Waals surface area contributed by atoms with Crippen LogP contribution in [0.4, 0.5) is 0 Å². The summed E-state index contributed by atoms with van der Waals surface area (Å²) in [5.74, 6) is -1.03. The first-order valence-corrected chi connectivity index (χ1v) is 4.71. The van der Waals surface area contributed by atoms with Crippen LogP contribution in [0.5, 0.6) is 0 Å². The Bertz CT molecular complexity index is 198. The van der Waals surface area contributed by atoms with Gasteiger partial charge in [-0.25, -0.2) is 4.79 Å². The molecule has 0 aliphatic carbocycles. The number of carbonyl (C=O) groups is 2. The number of hydrogen-bond donors (Lipinski definition) is 1. The van der Waals surface area contributed by atoms with Gasteiger partial charge in [0.15, 0.2) is 0 Å². The molecule has 0 aromatic rings. The van der Waals surface area contributed by atoms with Gasteiger partial charge in [-0.2, -0.15) is 0 Å². The average Bonchev–Trinajstić information content (AvgIpc) is 2.14. The van der Waals surface area contributed by atoms with Crippen LogP contribution in [0.2, 0.25) is 0 Å². The zero-order valence-corrected chi connectivity index (χ0v) is 8.31. The van der Waals surface area contributed by atoms with Crippen molar-refractivity contribution >= 4 is 12.4 Å². The van der Waals surface area contributed by atoms with Crippen molar-refractivity contribution in [1.82, 2.24) is 0 Å². The maximum atomic E-state index is 10.2. The maximum absolute atomic E-state index is 10.2. The van der Waals surface area contributed by atoms with Crippen molar-refractivity contribution < 1.29 is 19.4 Å². The minimum atomic E-state index is -1.03. The van der Waals surface area contributed by atoms with E-state index in [1.807, 2.05) is 0 Å². The molecule has 0 aliphatic heterocycles. The van der Waals surface area contributed by atoms with Gasteiger partial charge in [0, 0.05) is 6.08 Å². The molecule has 0 spiro atoms. The lowest BCUT2D eigenvalue weighted by molar-refractivity contribution is -0.133. The molecule has 1 N–H and O–H groups in total. The summed E-state index contributed by atoms with van der Waals surface area (Å²) in [5, 5.41) is 8.37. The summed E-state index contributed by atoms with van der Waals surface area (Å²) >= 11 is 0. The van der Waals surface area contributed by atoms with Gasteiger partial charge in [-0.05, 0) is 18.9 Å². The highest BCUT2D eigenvalue weighted by atomic mass is 16.5. The van der Waals surface area contributed by atoms with Crippen LogP contribution in [-0.4, -0.2) is 23.7 Å². The first kappa shape index (κ1) is 12.7. The summed E-state index contributed by atoms with van der Waals surface area (Å²) in [4.78, 5) is 20.3. The van der Waals surface area contributed by atoms with E-state index in [4.69, 9.17) is 9.84 Å². The van der Waals surface area contributed by atoms with Gasteiger partial charge in [0.05, 0.1) is 0 Å². The molecule has 0 fully saturated rings. The molecule has 0 saturated heterocycles. The Kier molecular flexibility index (Phi) is 7.50. The second-order valence-corrected chi connectivity index (χ2v) is 2.96. The van der Waals surface area contributed by atoms with Gasteiger partial charge < -0.3 is 9.84 Å². The Morgan fingerprint density at radius 1 is 1.50 bits per heavy atom. The van der Waals surface area contributed by atoms with Gasteiger partial charge in [-0.15, -0.1) is 0 Å². The van der Waals surface area contributed by atoms with Crippen molar-refractivity contribution in [1.29, 1.82) is 0 Å². The topological polar surface area (TPSA) is 63.6 Å². The summed E-state index contributed by atoms with van der Waals surface area (Å²) < 4.78 is 4.71. The molecule has 0 saturated carbocycles. The van der Waals surface area contributed by atoms with Crippen LogP contribution in [0.1, 0.15) is 32.6 Å². The van der Waals surface area contributed by atoms with Crippen molar-refractivity contribution in [3.05, 3.63) is 12.2 Å². The van der Waals surface area contributed by atoms with Gasteiger partial charge in [0.1, 0.15) is 6.10 Å². The predicted octanol–water partition coefficient (Wildman–Crippen LogP) is 1.75. The lowest BCUT2D eigenvalue weighted by atomic mass is 10.1.